The smallest absolute Gasteiger partial charge is 0.251 e. The van der Waals surface area contributed by atoms with Crippen molar-refractivity contribution in [2.45, 2.75) is 89.8 Å². The van der Waals surface area contributed by atoms with Gasteiger partial charge in [0.15, 0.2) is 0 Å². The van der Waals surface area contributed by atoms with Crippen LogP contribution >= 0.6 is 0 Å². The lowest BCUT2D eigenvalue weighted by Crippen LogP contribution is -2.53. The van der Waals surface area contributed by atoms with Gasteiger partial charge in [0, 0.05) is 61.3 Å². The van der Waals surface area contributed by atoms with Crippen LogP contribution in [0.3, 0.4) is 0 Å². The molecule has 2 aliphatic carbocycles. The number of nitrogens with zero attached hydrogens (tertiary/aromatic N) is 2. The van der Waals surface area contributed by atoms with E-state index in [0.717, 1.165) is 49.2 Å². The van der Waals surface area contributed by atoms with Crippen LogP contribution < -0.4 is 10.7 Å². The Morgan fingerprint density at radius 2 is 1.77 bits per heavy atom. The molecule has 0 heterocycles. The van der Waals surface area contributed by atoms with Gasteiger partial charge in [0.25, 0.3) is 5.92 Å². The van der Waals surface area contributed by atoms with Crippen molar-refractivity contribution in [3.05, 3.63) is 49.1 Å². The summed E-state index contributed by atoms with van der Waals surface area (Å²) in [5.41, 5.74) is 6.26. The fourth-order valence-corrected chi connectivity index (χ4v) is 4.70. The molecule has 0 unspecified atom stereocenters. The average molecular weight is 423 g/mol. The minimum absolute atomic E-state index is 0.00618. The van der Waals surface area contributed by atoms with Crippen molar-refractivity contribution in [1.82, 2.24) is 20.7 Å². The fourth-order valence-electron chi connectivity index (χ4n) is 4.70. The summed E-state index contributed by atoms with van der Waals surface area (Å²) in [7, 11) is 1.91. The van der Waals surface area contributed by atoms with Gasteiger partial charge in [0.2, 0.25) is 0 Å². The van der Waals surface area contributed by atoms with Crippen molar-refractivity contribution in [2.75, 3.05) is 7.05 Å². The number of hydrazine groups is 1. The van der Waals surface area contributed by atoms with Crippen LogP contribution in [0.4, 0.5) is 8.78 Å². The number of halogens is 2. The summed E-state index contributed by atoms with van der Waals surface area (Å²) >= 11 is 0. The quantitative estimate of drug-likeness (QED) is 0.338. The van der Waals surface area contributed by atoms with E-state index in [1.54, 1.807) is 6.20 Å². The summed E-state index contributed by atoms with van der Waals surface area (Å²) in [5.74, 6) is -1.92. The van der Waals surface area contributed by atoms with Crippen molar-refractivity contribution in [3.8, 4) is 0 Å². The van der Waals surface area contributed by atoms with E-state index in [-0.39, 0.29) is 24.9 Å². The lowest BCUT2D eigenvalue weighted by molar-refractivity contribution is -0.0957. The normalized spacial score (nSPS) is 25.1. The van der Waals surface area contributed by atoms with E-state index < -0.39 is 5.92 Å². The van der Waals surface area contributed by atoms with Crippen LogP contribution in [0.1, 0.15) is 65.7 Å². The highest BCUT2D eigenvalue weighted by molar-refractivity contribution is 5.23. The van der Waals surface area contributed by atoms with Crippen molar-refractivity contribution in [3.63, 3.8) is 0 Å². The molecule has 0 aromatic rings. The number of hydrogen-bond acceptors (Lipinski definition) is 4. The summed E-state index contributed by atoms with van der Waals surface area (Å²) in [6.45, 7) is 18.6. The summed E-state index contributed by atoms with van der Waals surface area (Å²) in [5, 5.41) is 5.27. The molecule has 0 radical (unpaired) electrons. The van der Waals surface area contributed by atoms with Crippen LogP contribution in [0.15, 0.2) is 49.1 Å². The first-order valence-electron chi connectivity index (χ1n) is 11.2. The first-order valence-corrected chi connectivity index (χ1v) is 11.2. The molecule has 170 valence electrons. The Balaban J connectivity index is 1.93. The monoisotopic (exact) mass is 422 g/mol. The number of hydrogen-bond donors (Lipinski definition) is 2. The molecule has 1 atom stereocenters. The van der Waals surface area contributed by atoms with Crippen LogP contribution in [0, 0.1) is 5.92 Å². The third-order valence-electron chi connectivity index (χ3n) is 6.46. The minimum Gasteiger partial charge on any atom is -0.343 e. The highest BCUT2D eigenvalue weighted by atomic mass is 19.3. The average Bonchev–Trinajstić information content (AvgIpc) is 2.66. The lowest BCUT2D eigenvalue weighted by Gasteiger charge is -2.43. The lowest BCUT2D eigenvalue weighted by atomic mass is 9.79. The molecule has 30 heavy (non-hydrogen) atoms. The van der Waals surface area contributed by atoms with E-state index in [0.29, 0.717) is 12.0 Å². The van der Waals surface area contributed by atoms with Crippen LogP contribution in [0.5, 0.6) is 0 Å². The summed E-state index contributed by atoms with van der Waals surface area (Å²) in [6.07, 6.45) is 8.89. The molecule has 2 N–H and O–H groups in total. The molecular formula is C24H40F2N4. The Morgan fingerprint density at radius 3 is 2.23 bits per heavy atom. The SMILES string of the molecule is C=CN(C)N/C(=C/C(=C)N(C(=C)C)[C@H](C)[C@H]1CC[C@@H](NC2CC(F)(F)C2)CC1)CC. The maximum atomic E-state index is 13.1. The summed E-state index contributed by atoms with van der Waals surface area (Å²) in [6, 6.07) is 0.640. The van der Waals surface area contributed by atoms with E-state index in [1.165, 1.54) is 0 Å². The van der Waals surface area contributed by atoms with Gasteiger partial charge < -0.3 is 15.6 Å². The van der Waals surface area contributed by atoms with Crippen LogP contribution in [-0.2, 0) is 0 Å². The highest BCUT2D eigenvalue weighted by Crippen LogP contribution is 2.39. The molecule has 2 fully saturated rings. The predicted octanol–water partition coefficient (Wildman–Crippen LogP) is 5.54. The van der Waals surface area contributed by atoms with Crippen LogP contribution in [0.25, 0.3) is 0 Å². The summed E-state index contributed by atoms with van der Waals surface area (Å²) in [4.78, 5) is 2.23. The van der Waals surface area contributed by atoms with Crippen LogP contribution in [0.2, 0.25) is 0 Å². The van der Waals surface area contributed by atoms with Crippen molar-refractivity contribution >= 4 is 0 Å². The topological polar surface area (TPSA) is 30.5 Å². The molecule has 0 aromatic heterocycles. The zero-order valence-electron chi connectivity index (χ0n) is 19.2. The number of allylic oxidation sites excluding steroid dienone is 3. The van der Waals surface area contributed by atoms with Gasteiger partial charge in [-0.1, -0.05) is 26.7 Å². The Labute approximate surface area is 181 Å². The summed E-state index contributed by atoms with van der Waals surface area (Å²) < 4.78 is 26.2. The Kier molecular flexibility index (Phi) is 8.53. The molecular weight excluding hydrogens is 382 g/mol. The maximum Gasteiger partial charge on any atom is 0.251 e. The molecule has 0 aromatic carbocycles. The number of rotatable bonds is 11. The Hall–Kier alpha value is -1.82. The minimum atomic E-state index is -2.45. The maximum absolute atomic E-state index is 13.1. The van der Waals surface area contributed by atoms with Crippen molar-refractivity contribution < 1.29 is 8.78 Å². The van der Waals surface area contributed by atoms with E-state index in [1.807, 2.05) is 19.0 Å². The second-order valence-corrected chi connectivity index (χ2v) is 9.01. The second-order valence-electron chi connectivity index (χ2n) is 9.01. The third kappa shape index (κ3) is 6.59. The molecule has 0 saturated heterocycles. The van der Waals surface area contributed by atoms with E-state index in [2.05, 4.69) is 55.3 Å². The fraction of sp³-hybridized carbons (Fsp3) is 0.667. The van der Waals surface area contributed by atoms with Crippen molar-refractivity contribution in [2.24, 2.45) is 5.92 Å². The van der Waals surface area contributed by atoms with Gasteiger partial charge in [-0.15, -0.1) is 0 Å². The van der Waals surface area contributed by atoms with Gasteiger partial charge in [-0.3, -0.25) is 5.01 Å². The number of alkyl halides is 2. The largest absolute Gasteiger partial charge is 0.343 e. The van der Waals surface area contributed by atoms with E-state index in [9.17, 15) is 8.78 Å². The van der Waals surface area contributed by atoms with Gasteiger partial charge in [0.05, 0.1) is 0 Å². The molecule has 0 amide bonds. The molecule has 0 bridgehead atoms. The first-order chi connectivity index (χ1) is 14.1. The standard InChI is InChI=1S/C24H40F2N4/c1-8-21(28-29(7)9-2)14-18(5)30(17(3)4)19(6)20-10-12-22(13-11-20)27-23-15-24(25,26)16-23/h9,14,19-20,22-23,27-28H,2-3,5,8,10-13,15-16H2,1,4,6-7H3/b21-14+/t19-,20-,22+/m1/s1. The molecule has 6 heteroatoms. The molecule has 0 spiro atoms. The molecule has 2 saturated carbocycles. The zero-order valence-corrected chi connectivity index (χ0v) is 19.2. The van der Waals surface area contributed by atoms with E-state index >= 15 is 0 Å². The molecule has 2 aliphatic rings. The first kappa shape index (κ1) is 24.4. The van der Waals surface area contributed by atoms with Crippen LogP contribution in [-0.4, -0.2) is 41.0 Å². The highest BCUT2D eigenvalue weighted by Gasteiger charge is 2.46. The van der Waals surface area contributed by atoms with Gasteiger partial charge in [0.1, 0.15) is 0 Å². The molecule has 0 aliphatic heterocycles. The predicted molar refractivity (Wildman–Crippen MR) is 122 cm³/mol. The molecule has 2 rings (SSSR count). The van der Waals surface area contributed by atoms with Gasteiger partial charge in [-0.25, -0.2) is 8.78 Å². The Bertz CT molecular complexity index is 642. The van der Waals surface area contributed by atoms with Gasteiger partial charge in [-0.2, -0.15) is 0 Å². The van der Waals surface area contributed by atoms with Crippen molar-refractivity contribution in [1.29, 1.82) is 0 Å². The van der Waals surface area contributed by atoms with E-state index in [4.69, 9.17) is 0 Å². The zero-order chi connectivity index (χ0) is 22.5. The van der Waals surface area contributed by atoms with Gasteiger partial charge >= 0.3 is 0 Å². The molecule has 4 nitrogen and oxygen atoms in total. The number of nitrogens with one attached hydrogen (secondary N) is 2. The second kappa shape index (κ2) is 10.5. The van der Waals surface area contributed by atoms with Gasteiger partial charge in [-0.05, 0) is 57.9 Å². The third-order valence-corrected chi connectivity index (χ3v) is 6.46. The Morgan fingerprint density at radius 1 is 1.17 bits per heavy atom.